The zero-order valence-corrected chi connectivity index (χ0v) is 11.4. The third-order valence-electron chi connectivity index (χ3n) is 1.98. The summed E-state index contributed by atoms with van der Waals surface area (Å²) in [4.78, 5) is 23.1. The van der Waals surface area contributed by atoms with E-state index in [1.807, 2.05) is 20.8 Å². The van der Waals surface area contributed by atoms with Gasteiger partial charge in [-0.1, -0.05) is 26.8 Å². The molecule has 0 rings (SSSR count). The fourth-order valence-corrected chi connectivity index (χ4v) is 1.11. The Hall–Kier alpha value is -1.52. The summed E-state index contributed by atoms with van der Waals surface area (Å²) in [5, 5.41) is 2.48. The van der Waals surface area contributed by atoms with Crippen LogP contribution in [-0.4, -0.2) is 31.3 Å². The number of carbonyl (C=O) groups is 2. The van der Waals surface area contributed by atoms with Gasteiger partial charge in [0, 0.05) is 0 Å². The molecule has 0 aromatic rings. The van der Waals surface area contributed by atoms with E-state index in [2.05, 4.69) is 11.9 Å². The van der Waals surface area contributed by atoms with Crippen LogP contribution in [0.3, 0.4) is 0 Å². The van der Waals surface area contributed by atoms with Crippen molar-refractivity contribution in [3.63, 3.8) is 0 Å². The van der Waals surface area contributed by atoms with Crippen molar-refractivity contribution in [1.82, 2.24) is 5.32 Å². The molecule has 0 aliphatic heterocycles. The van der Waals surface area contributed by atoms with Gasteiger partial charge >= 0.3 is 12.1 Å². The van der Waals surface area contributed by atoms with E-state index in [0.717, 1.165) is 6.42 Å². The van der Waals surface area contributed by atoms with Gasteiger partial charge in [0.1, 0.15) is 6.04 Å². The molecule has 0 heterocycles. The number of hydrogen-bond donors (Lipinski definition) is 1. The van der Waals surface area contributed by atoms with Crippen LogP contribution in [0.2, 0.25) is 0 Å². The van der Waals surface area contributed by atoms with Gasteiger partial charge in [0.2, 0.25) is 0 Å². The van der Waals surface area contributed by atoms with Crippen molar-refractivity contribution in [3.05, 3.63) is 12.7 Å². The van der Waals surface area contributed by atoms with Gasteiger partial charge < -0.3 is 14.8 Å². The lowest BCUT2D eigenvalue weighted by Gasteiger charge is -2.16. The molecule has 1 unspecified atom stereocenters. The van der Waals surface area contributed by atoms with Crippen LogP contribution in [0.15, 0.2) is 12.7 Å². The number of esters is 1. The molecule has 0 aromatic carbocycles. The van der Waals surface area contributed by atoms with Gasteiger partial charge in [-0.2, -0.15) is 0 Å². The lowest BCUT2D eigenvalue weighted by Crippen LogP contribution is -2.42. The molecule has 0 aliphatic carbocycles. The molecule has 0 aliphatic rings. The quantitative estimate of drug-likeness (QED) is 0.535. The molecule has 0 saturated carbocycles. The Morgan fingerprint density at radius 1 is 1.33 bits per heavy atom. The lowest BCUT2D eigenvalue weighted by molar-refractivity contribution is -0.146. The third kappa shape index (κ3) is 7.70. The SMILES string of the molecule is C=CCC(NC(=O)OCC(C)C)C(=O)OCCC. The van der Waals surface area contributed by atoms with Crippen molar-refractivity contribution in [3.8, 4) is 0 Å². The second kappa shape index (κ2) is 9.50. The van der Waals surface area contributed by atoms with Crippen molar-refractivity contribution in [2.24, 2.45) is 5.92 Å². The molecule has 0 radical (unpaired) electrons. The first kappa shape index (κ1) is 16.5. The third-order valence-corrected chi connectivity index (χ3v) is 1.98. The Balaban J connectivity index is 4.20. The minimum atomic E-state index is -0.728. The Labute approximate surface area is 109 Å². The number of ether oxygens (including phenoxy) is 2. The average molecular weight is 257 g/mol. The van der Waals surface area contributed by atoms with Crippen molar-refractivity contribution in [2.45, 2.75) is 39.7 Å². The van der Waals surface area contributed by atoms with Gasteiger partial charge in [-0.05, 0) is 18.8 Å². The molecule has 18 heavy (non-hydrogen) atoms. The maximum absolute atomic E-state index is 11.6. The summed E-state index contributed by atoms with van der Waals surface area (Å²) in [6.45, 7) is 9.98. The van der Waals surface area contributed by atoms with Crippen molar-refractivity contribution in [1.29, 1.82) is 0 Å². The molecular weight excluding hydrogens is 234 g/mol. The minimum absolute atomic E-state index is 0.251. The van der Waals surface area contributed by atoms with Crippen LogP contribution >= 0.6 is 0 Å². The number of nitrogens with one attached hydrogen (secondary N) is 1. The molecule has 1 atom stereocenters. The molecule has 5 nitrogen and oxygen atoms in total. The number of hydrogen-bond acceptors (Lipinski definition) is 4. The average Bonchev–Trinajstić information content (AvgIpc) is 2.32. The number of amides is 1. The van der Waals surface area contributed by atoms with E-state index in [9.17, 15) is 9.59 Å². The Kier molecular flexibility index (Phi) is 8.70. The van der Waals surface area contributed by atoms with Gasteiger partial charge in [-0.25, -0.2) is 9.59 Å². The van der Waals surface area contributed by atoms with Crippen molar-refractivity contribution >= 4 is 12.1 Å². The monoisotopic (exact) mass is 257 g/mol. The van der Waals surface area contributed by atoms with Crippen LogP contribution in [0, 0.1) is 5.92 Å². The largest absolute Gasteiger partial charge is 0.464 e. The van der Waals surface area contributed by atoms with Gasteiger partial charge in [-0.3, -0.25) is 0 Å². The highest BCUT2D eigenvalue weighted by Gasteiger charge is 2.21. The van der Waals surface area contributed by atoms with Crippen LogP contribution < -0.4 is 5.32 Å². The summed E-state index contributed by atoms with van der Waals surface area (Å²) in [6.07, 6.45) is 2.01. The van der Waals surface area contributed by atoms with Crippen LogP contribution in [0.25, 0.3) is 0 Å². The molecule has 1 amide bonds. The van der Waals surface area contributed by atoms with E-state index in [1.165, 1.54) is 0 Å². The number of carbonyl (C=O) groups excluding carboxylic acids is 2. The molecule has 0 fully saturated rings. The van der Waals surface area contributed by atoms with Crippen LogP contribution in [0.5, 0.6) is 0 Å². The molecule has 1 N–H and O–H groups in total. The van der Waals surface area contributed by atoms with Gasteiger partial charge in [-0.15, -0.1) is 6.58 Å². The second-order valence-corrected chi connectivity index (χ2v) is 4.38. The van der Waals surface area contributed by atoms with Crippen LogP contribution in [-0.2, 0) is 14.3 Å². The van der Waals surface area contributed by atoms with Crippen molar-refractivity contribution < 1.29 is 19.1 Å². The Bertz CT molecular complexity index is 276. The van der Waals surface area contributed by atoms with E-state index >= 15 is 0 Å². The van der Waals surface area contributed by atoms with E-state index in [-0.39, 0.29) is 5.92 Å². The minimum Gasteiger partial charge on any atom is -0.464 e. The smallest absolute Gasteiger partial charge is 0.407 e. The summed E-state index contributed by atoms with van der Waals surface area (Å²) in [7, 11) is 0. The predicted octanol–water partition coefficient (Wildman–Crippen LogP) is 2.27. The fourth-order valence-electron chi connectivity index (χ4n) is 1.11. The molecular formula is C13H23NO4. The first-order chi connectivity index (χ1) is 8.51. The molecule has 0 spiro atoms. The van der Waals surface area contributed by atoms with Crippen LogP contribution in [0.1, 0.15) is 33.6 Å². The number of alkyl carbamates (subject to hydrolysis) is 1. The van der Waals surface area contributed by atoms with Gasteiger partial charge in [0.05, 0.1) is 13.2 Å². The Morgan fingerprint density at radius 3 is 2.50 bits per heavy atom. The summed E-state index contributed by atoms with van der Waals surface area (Å²) in [5.74, 6) is -0.209. The summed E-state index contributed by atoms with van der Waals surface area (Å²) < 4.78 is 9.92. The fraction of sp³-hybridized carbons (Fsp3) is 0.692. The van der Waals surface area contributed by atoms with Crippen molar-refractivity contribution in [2.75, 3.05) is 13.2 Å². The van der Waals surface area contributed by atoms with E-state index in [0.29, 0.717) is 19.6 Å². The molecule has 0 bridgehead atoms. The standard InChI is InChI=1S/C13H23NO4/c1-5-7-11(12(15)17-8-6-2)14-13(16)18-9-10(3)4/h5,10-11H,1,6-9H2,2-4H3,(H,14,16). The van der Waals surface area contributed by atoms with E-state index in [1.54, 1.807) is 6.08 Å². The van der Waals surface area contributed by atoms with Gasteiger partial charge in [0.25, 0.3) is 0 Å². The van der Waals surface area contributed by atoms with E-state index < -0.39 is 18.1 Å². The molecule has 104 valence electrons. The van der Waals surface area contributed by atoms with Crippen LogP contribution in [0.4, 0.5) is 4.79 Å². The maximum Gasteiger partial charge on any atom is 0.407 e. The highest BCUT2D eigenvalue weighted by molar-refractivity contribution is 5.81. The summed E-state index contributed by atoms with van der Waals surface area (Å²) in [5.41, 5.74) is 0. The zero-order valence-electron chi connectivity index (χ0n) is 11.4. The molecule has 5 heteroatoms. The summed E-state index contributed by atoms with van der Waals surface area (Å²) in [6, 6.07) is -0.728. The zero-order chi connectivity index (χ0) is 14.0. The second-order valence-electron chi connectivity index (χ2n) is 4.38. The van der Waals surface area contributed by atoms with Gasteiger partial charge in [0.15, 0.2) is 0 Å². The topological polar surface area (TPSA) is 64.6 Å². The molecule has 0 saturated heterocycles. The Morgan fingerprint density at radius 2 is 2.00 bits per heavy atom. The lowest BCUT2D eigenvalue weighted by atomic mass is 10.2. The predicted molar refractivity (Wildman–Crippen MR) is 69.2 cm³/mol. The maximum atomic E-state index is 11.6. The first-order valence-electron chi connectivity index (χ1n) is 6.22. The highest BCUT2D eigenvalue weighted by Crippen LogP contribution is 2.00. The number of rotatable bonds is 8. The summed E-state index contributed by atoms with van der Waals surface area (Å²) >= 11 is 0. The van der Waals surface area contributed by atoms with E-state index in [4.69, 9.17) is 9.47 Å². The molecule has 0 aromatic heterocycles. The first-order valence-corrected chi connectivity index (χ1v) is 6.22. The highest BCUT2D eigenvalue weighted by atomic mass is 16.6. The normalized spacial score (nSPS) is 11.8.